The van der Waals surface area contributed by atoms with Gasteiger partial charge in [0.2, 0.25) is 0 Å². The van der Waals surface area contributed by atoms with E-state index in [9.17, 15) is 4.79 Å². The van der Waals surface area contributed by atoms with Crippen molar-refractivity contribution >= 4 is 5.91 Å². The van der Waals surface area contributed by atoms with Crippen LogP contribution in [-0.4, -0.2) is 23.8 Å². The zero-order chi connectivity index (χ0) is 15.3. The predicted octanol–water partition coefficient (Wildman–Crippen LogP) is 3.38. The van der Waals surface area contributed by atoms with Crippen LogP contribution >= 0.6 is 0 Å². The topological polar surface area (TPSA) is 50.4 Å². The second-order valence-electron chi connectivity index (χ2n) is 7.16. The molecule has 2 aliphatic heterocycles. The number of hydrogen-bond donors (Lipinski definition) is 2. The Balaban J connectivity index is 1.69. The van der Waals surface area contributed by atoms with Gasteiger partial charge in [-0.2, -0.15) is 0 Å². The maximum atomic E-state index is 12.6. The van der Waals surface area contributed by atoms with E-state index in [2.05, 4.69) is 10.6 Å². The molecule has 124 valence electrons. The van der Waals surface area contributed by atoms with Gasteiger partial charge in [-0.1, -0.05) is 44.9 Å². The van der Waals surface area contributed by atoms with Gasteiger partial charge in [-0.05, 0) is 38.0 Å². The van der Waals surface area contributed by atoms with Crippen molar-refractivity contribution in [3.63, 3.8) is 0 Å². The Morgan fingerprint density at radius 1 is 0.864 bits per heavy atom. The van der Waals surface area contributed by atoms with Crippen molar-refractivity contribution in [2.24, 2.45) is 0 Å². The summed E-state index contributed by atoms with van der Waals surface area (Å²) in [6.07, 6.45) is 18.0. The molecular formula is C18H30N2O2. The Morgan fingerprint density at radius 3 is 2.00 bits per heavy atom. The van der Waals surface area contributed by atoms with Crippen LogP contribution < -0.4 is 10.6 Å². The fourth-order valence-electron chi connectivity index (χ4n) is 4.04. The van der Waals surface area contributed by atoms with Crippen LogP contribution in [0.2, 0.25) is 0 Å². The van der Waals surface area contributed by atoms with Gasteiger partial charge in [0.1, 0.15) is 5.72 Å². The van der Waals surface area contributed by atoms with Gasteiger partial charge in [-0.15, -0.1) is 0 Å². The van der Waals surface area contributed by atoms with Crippen LogP contribution in [0.15, 0.2) is 12.3 Å². The first-order valence-electron chi connectivity index (χ1n) is 9.19. The van der Waals surface area contributed by atoms with E-state index in [4.69, 9.17) is 4.74 Å². The molecule has 2 heterocycles. The van der Waals surface area contributed by atoms with Gasteiger partial charge in [0, 0.05) is 13.0 Å². The summed E-state index contributed by atoms with van der Waals surface area (Å²) < 4.78 is 6.45. The van der Waals surface area contributed by atoms with Crippen molar-refractivity contribution in [2.75, 3.05) is 6.54 Å². The van der Waals surface area contributed by atoms with Crippen LogP contribution in [0.3, 0.4) is 0 Å². The van der Waals surface area contributed by atoms with Crippen LogP contribution in [0.25, 0.3) is 0 Å². The summed E-state index contributed by atoms with van der Waals surface area (Å²) in [5, 5.41) is 6.40. The molecular weight excluding hydrogens is 276 g/mol. The molecule has 2 fully saturated rings. The van der Waals surface area contributed by atoms with E-state index in [0.717, 1.165) is 38.6 Å². The fraction of sp³-hybridized carbons (Fsp3) is 0.833. The van der Waals surface area contributed by atoms with E-state index in [0.29, 0.717) is 0 Å². The molecule has 0 radical (unpaired) electrons. The monoisotopic (exact) mass is 306 g/mol. The van der Waals surface area contributed by atoms with Gasteiger partial charge in [0.05, 0.1) is 0 Å². The maximum absolute atomic E-state index is 12.6. The highest BCUT2D eigenvalue weighted by Crippen LogP contribution is 2.38. The number of nitrogens with one attached hydrogen (secondary N) is 2. The molecule has 1 atom stereocenters. The number of carbonyl (C=O) groups is 1. The van der Waals surface area contributed by atoms with Gasteiger partial charge in [0.15, 0.2) is 5.60 Å². The first kappa shape index (κ1) is 15.9. The number of carbonyl (C=O) groups excluding carboxylic acids is 1. The molecule has 0 bridgehead atoms. The van der Waals surface area contributed by atoms with Crippen LogP contribution in [0.1, 0.15) is 77.0 Å². The van der Waals surface area contributed by atoms with E-state index >= 15 is 0 Å². The predicted molar refractivity (Wildman–Crippen MR) is 87.2 cm³/mol. The highest BCUT2D eigenvalue weighted by Gasteiger charge is 2.53. The summed E-state index contributed by atoms with van der Waals surface area (Å²) in [6.45, 7) is 0.806. The minimum absolute atomic E-state index is 0.0670. The van der Waals surface area contributed by atoms with Crippen LogP contribution in [-0.2, 0) is 9.53 Å². The lowest BCUT2D eigenvalue weighted by molar-refractivity contribution is -0.135. The number of hydrogen-bond acceptors (Lipinski definition) is 3. The standard InChI is InChI=1S/C18H30N2O2/c21-16-17(12-14-19-15-13-17)22-18(20-16)10-8-6-4-2-1-3-5-7-9-11-18/h12,14,19H,1-11,13,15H2,(H,20,21). The number of rotatable bonds is 0. The SMILES string of the molecule is O=C1NC2(CCCCCCCCCCC2)OC12C=CNCC2. The molecule has 0 aromatic carbocycles. The summed E-state index contributed by atoms with van der Waals surface area (Å²) in [6, 6.07) is 0. The molecule has 0 aromatic rings. The fourth-order valence-corrected chi connectivity index (χ4v) is 4.04. The zero-order valence-electron chi connectivity index (χ0n) is 13.7. The summed E-state index contributed by atoms with van der Waals surface area (Å²) in [5.41, 5.74) is -1.14. The molecule has 1 unspecified atom stereocenters. The van der Waals surface area contributed by atoms with Crippen LogP contribution in [0.4, 0.5) is 0 Å². The van der Waals surface area contributed by atoms with Gasteiger partial charge < -0.3 is 15.4 Å². The second kappa shape index (κ2) is 7.03. The molecule has 3 aliphatic rings. The van der Waals surface area contributed by atoms with Crippen LogP contribution in [0.5, 0.6) is 0 Å². The third-order valence-corrected chi connectivity index (χ3v) is 5.38. The van der Waals surface area contributed by atoms with E-state index in [1.807, 2.05) is 12.3 Å². The maximum Gasteiger partial charge on any atom is 0.258 e. The van der Waals surface area contributed by atoms with Crippen molar-refractivity contribution in [3.05, 3.63) is 12.3 Å². The average Bonchev–Trinajstić information content (AvgIpc) is 2.77. The van der Waals surface area contributed by atoms with Crippen molar-refractivity contribution in [2.45, 2.75) is 88.4 Å². The largest absolute Gasteiger partial charge is 0.391 e. The van der Waals surface area contributed by atoms with Gasteiger partial charge in [0.25, 0.3) is 5.91 Å². The molecule has 1 saturated heterocycles. The molecule has 22 heavy (non-hydrogen) atoms. The first-order valence-corrected chi connectivity index (χ1v) is 9.19. The Hall–Kier alpha value is -1.03. The molecule has 2 spiro atoms. The molecule has 3 rings (SSSR count). The Morgan fingerprint density at radius 2 is 1.45 bits per heavy atom. The van der Waals surface area contributed by atoms with Crippen molar-refractivity contribution in [1.82, 2.24) is 10.6 Å². The van der Waals surface area contributed by atoms with Crippen molar-refractivity contribution in [3.8, 4) is 0 Å². The second-order valence-corrected chi connectivity index (χ2v) is 7.16. The lowest BCUT2D eigenvalue weighted by atomic mass is 9.95. The Labute approximate surface area is 134 Å². The van der Waals surface area contributed by atoms with E-state index in [-0.39, 0.29) is 5.91 Å². The zero-order valence-corrected chi connectivity index (χ0v) is 13.7. The van der Waals surface area contributed by atoms with Crippen molar-refractivity contribution in [1.29, 1.82) is 0 Å². The average molecular weight is 306 g/mol. The highest BCUT2D eigenvalue weighted by molar-refractivity contribution is 5.90. The van der Waals surface area contributed by atoms with Gasteiger partial charge in [-0.25, -0.2) is 0 Å². The normalized spacial score (nSPS) is 33.0. The quantitative estimate of drug-likeness (QED) is 0.721. The number of ether oxygens (including phenoxy) is 1. The Bertz CT molecular complexity index is 409. The van der Waals surface area contributed by atoms with E-state index < -0.39 is 11.3 Å². The smallest absolute Gasteiger partial charge is 0.258 e. The highest BCUT2D eigenvalue weighted by atomic mass is 16.6. The van der Waals surface area contributed by atoms with Crippen LogP contribution in [0, 0.1) is 0 Å². The number of amides is 1. The summed E-state index contributed by atoms with van der Waals surface area (Å²) >= 11 is 0. The molecule has 0 aromatic heterocycles. The Kier molecular flexibility index (Phi) is 5.07. The third-order valence-electron chi connectivity index (χ3n) is 5.38. The lowest BCUT2D eigenvalue weighted by Crippen LogP contribution is -2.42. The molecule has 1 saturated carbocycles. The summed E-state index contributed by atoms with van der Waals surface area (Å²) in [7, 11) is 0. The lowest BCUT2D eigenvalue weighted by Gasteiger charge is -2.33. The third kappa shape index (κ3) is 3.48. The molecule has 1 amide bonds. The minimum atomic E-state index is -0.720. The van der Waals surface area contributed by atoms with Gasteiger partial charge >= 0.3 is 0 Å². The summed E-state index contributed by atoms with van der Waals surface area (Å²) in [4.78, 5) is 12.6. The van der Waals surface area contributed by atoms with Gasteiger partial charge in [-0.3, -0.25) is 4.79 Å². The molecule has 2 N–H and O–H groups in total. The van der Waals surface area contributed by atoms with E-state index in [1.165, 1.54) is 44.9 Å². The molecule has 1 aliphatic carbocycles. The van der Waals surface area contributed by atoms with Crippen molar-refractivity contribution < 1.29 is 9.53 Å². The summed E-state index contributed by atoms with van der Waals surface area (Å²) in [5.74, 6) is 0.0670. The molecule has 4 heteroatoms. The van der Waals surface area contributed by atoms with E-state index in [1.54, 1.807) is 0 Å². The molecule has 4 nitrogen and oxygen atoms in total. The minimum Gasteiger partial charge on any atom is -0.391 e. The first-order chi connectivity index (χ1) is 10.7.